The molecule has 0 amide bonds. The molecule has 96 valence electrons. The first kappa shape index (κ1) is 12.7. The van der Waals surface area contributed by atoms with Crippen LogP contribution in [0.2, 0.25) is 0 Å². The van der Waals surface area contributed by atoms with E-state index in [1.165, 1.54) is 16.6 Å². The van der Waals surface area contributed by atoms with E-state index in [0.717, 1.165) is 6.54 Å². The zero-order valence-electron chi connectivity index (χ0n) is 11.7. The molecule has 1 aromatic carbocycles. The van der Waals surface area contributed by atoms with Crippen LogP contribution in [0.1, 0.15) is 33.4 Å². The number of allylic oxidation sites excluding steroid dienone is 1. The van der Waals surface area contributed by atoms with Gasteiger partial charge in [-0.2, -0.15) is 0 Å². The van der Waals surface area contributed by atoms with Crippen LogP contribution in [0.25, 0.3) is 10.9 Å². The number of hydrogen-bond donors (Lipinski definition) is 1. The molecule has 0 saturated carbocycles. The molecular weight excluding hydrogens is 220 g/mol. The quantitative estimate of drug-likeness (QED) is 0.848. The summed E-state index contributed by atoms with van der Waals surface area (Å²) >= 11 is 0. The van der Waals surface area contributed by atoms with Crippen LogP contribution >= 0.6 is 0 Å². The molecule has 2 aromatic rings. The number of fused-ring (bicyclic) bond motifs is 1. The Morgan fingerprint density at radius 3 is 2.61 bits per heavy atom. The second kappa shape index (κ2) is 4.89. The molecule has 0 radical (unpaired) electrons. The maximum absolute atomic E-state index is 3.53. The van der Waals surface area contributed by atoms with Gasteiger partial charge in [-0.1, -0.05) is 24.3 Å². The van der Waals surface area contributed by atoms with Crippen LogP contribution in [-0.2, 0) is 5.54 Å². The Morgan fingerprint density at radius 1 is 1.28 bits per heavy atom. The van der Waals surface area contributed by atoms with Gasteiger partial charge in [-0.25, -0.2) is 0 Å². The van der Waals surface area contributed by atoms with Gasteiger partial charge in [0.25, 0.3) is 0 Å². The van der Waals surface area contributed by atoms with E-state index in [4.69, 9.17) is 0 Å². The molecule has 1 N–H and O–H groups in total. The first-order valence-electron chi connectivity index (χ1n) is 6.57. The first-order valence-corrected chi connectivity index (χ1v) is 6.57. The van der Waals surface area contributed by atoms with E-state index in [2.05, 4.69) is 80.2 Å². The highest BCUT2D eigenvalue weighted by molar-refractivity contribution is 5.80. The molecule has 0 aliphatic heterocycles. The molecule has 2 nitrogen and oxygen atoms in total. The zero-order chi connectivity index (χ0) is 13.2. The Morgan fingerprint density at radius 2 is 2.00 bits per heavy atom. The minimum absolute atomic E-state index is 0.0275. The summed E-state index contributed by atoms with van der Waals surface area (Å²) < 4.78 is 0. The smallest absolute Gasteiger partial charge is 0.0740 e. The fraction of sp³-hybridized carbons (Fsp3) is 0.375. The van der Waals surface area contributed by atoms with Gasteiger partial charge < -0.3 is 9.88 Å². The van der Waals surface area contributed by atoms with Crippen LogP contribution in [0, 0.1) is 0 Å². The topological polar surface area (TPSA) is 19.0 Å². The maximum Gasteiger partial charge on any atom is 0.0740 e. The number of aromatic nitrogens is 1. The number of hydrogen-bond acceptors (Lipinski definition) is 1. The second-order valence-electron chi connectivity index (χ2n) is 5.10. The summed E-state index contributed by atoms with van der Waals surface area (Å²) in [5.41, 5.74) is 2.43. The molecule has 2 heteroatoms. The van der Waals surface area contributed by atoms with Gasteiger partial charge in [0.05, 0.1) is 5.54 Å². The fourth-order valence-electron chi connectivity index (χ4n) is 2.42. The average molecular weight is 242 g/mol. The zero-order valence-corrected chi connectivity index (χ0v) is 11.7. The predicted octanol–water partition coefficient (Wildman–Crippen LogP) is 4.26. The number of benzene rings is 1. The molecule has 0 atom stereocenters. The number of H-pyrrole nitrogens is 1. The summed E-state index contributed by atoms with van der Waals surface area (Å²) in [5.74, 6) is 0. The highest BCUT2D eigenvalue weighted by Gasteiger charge is 2.27. The van der Waals surface area contributed by atoms with Crippen LogP contribution in [0.4, 0.5) is 0 Å². The minimum atomic E-state index is -0.0275. The van der Waals surface area contributed by atoms with E-state index in [0.29, 0.717) is 0 Å². The van der Waals surface area contributed by atoms with Crippen molar-refractivity contribution in [2.24, 2.45) is 0 Å². The third-order valence-electron chi connectivity index (χ3n) is 3.58. The Hall–Kier alpha value is -1.70. The van der Waals surface area contributed by atoms with Gasteiger partial charge in [-0.15, -0.1) is 0 Å². The highest BCUT2D eigenvalue weighted by atomic mass is 15.2. The van der Waals surface area contributed by atoms with Crippen LogP contribution in [0.5, 0.6) is 0 Å². The molecule has 0 fully saturated rings. The van der Waals surface area contributed by atoms with E-state index in [1.807, 2.05) is 0 Å². The number of nitrogens with zero attached hydrogens (tertiary/aromatic N) is 1. The summed E-state index contributed by atoms with van der Waals surface area (Å²) in [6, 6.07) is 10.7. The summed E-state index contributed by atoms with van der Waals surface area (Å²) in [6.45, 7) is 9.74. The molecule has 0 bridgehead atoms. The summed E-state index contributed by atoms with van der Waals surface area (Å²) in [5, 5.41) is 1.28. The lowest BCUT2D eigenvalue weighted by Crippen LogP contribution is -2.37. The number of para-hydroxylation sites is 1. The molecule has 0 unspecified atom stereocenters. The van der Waals surface area contributed by atoms with Crippen molar-refractivity contribution in [3.8, 4) is 0 Å². The van der Waals surface area contributed by atoms with Gasteiger partial charge in [-0.05, 0) is 51.4 Å². The SMILES string of the molecule is C/C=C\N(CC)C(C)(C)c1cc2ccccc2[nH]1. The van der Waals surface area contributed by atoms with Crippen molar-refractivity contribution in [3.63, 3.8) is 0 Å². The van der Waals surface area contributed by atoms with Gasteiger partial charge in [0.2, 0.25) is 0 Å². The van der Waals surface area contributed by atoms with Crippen LogP contribution in [0.3, 0.4) is 0 Å². The van der Waals surface area contributed by atoms with Crippen molar-refractivity contribution in [1.82, 2.24) is 9.88 Å². The van der Waals surface area contributed by atoms with Crippen molar-refractivity contribution >= 4 is 10.9 Å². The standard InChI is InChI=1S/C16H22N2/c1-5-11-18(6-2)16(3,4)15-12-13-9-7-8-10-14(13)17-15/h5,7-12,17H,6H2,1-4H3/b11-5-. The molecule has 18 heavy (non-hydrogen) atoms. The van der Waals surface area contributed by atoms with E-state index in [-0.39, 0.29) is 5.54 Å². The lowest BCUT2D eigenvalue weighted by molar-refractivity contribution is 0.190. The second-order valence-corrected chi connectivity index (χ2v) is 5.10. The van der Waals surface area contributed by atoms with Crippen LogP contribution in [0.15, 0.2) is 42.6 Å². The molecule has 1 heterocycles. The number of rotatable bonds is 4. The molecule has 0 spiro atoms. The lowest BCUT2D eigenvalue weighted by Gasteiger charge is -2.36. The summed E-state index contributed by atoms with van der Waals surface area (Å²) in [6.07, 6.45) is 4.25. The normalized spacial score (nSPS) is 12.4. The van der Waals surface area contributed by atoms with E-state index < -0.39 is 0 Å². The molecule has 2 rings (SSSR count). The molecule has 0 aliphatic rings. The Kier molecular flexibility index (Phi) is 3.46. The Balaban J connectivity index is 2.44. The minimum Gasteiger partial charge on any atom is -0.367 e. The average Bonchev–Trinajstić information content (AvgIpc) is 2.80. The monoisotopic (exact) mass is 242 g/mol. The Bertz CT molecular complexity index is 516. The van der Waals surface area contributed by atoms with E-state index in [1.54, 1.807) is 0 Å². The Labute approximate surface area is 109 Å². The van der Waals surface area contributed by atoms with Crippen LogP contribution < -0.4 is 0 Å². The predicted molar refractivity (Wildman–Crippen MR) is 78.5 cm³/mol. The molecule has 0 saturated heterocycles. The van der Waals surface area contributed by atoms with Crippen molar-refractivity contribution in [2.75, 3.05) is 6.54 Å². The van der Waals surface area contributed by atoms with Crippen molar-refractivity contribution < 1.29 is 0 Å². The first-order chi connectivity index (χ1) is 8.59. The van der Waals surface area contributed by atoms with Gasteiger partial charge in [0, 0.05) is 17.8 Å². The lowest BCUT2D eigenvalue weighted by atomic mass is 9.98. The van der Waals surface area contributed by atoms with Gasteiger partial charge in [0.15, 0.2) is 0 Å². The summed E-state index contributed by atoms with van der Waals surface area (Å²) in [4.78, 5) is 5.88. The van der Waals surface area contributed by atoms with Crippen LogP contribution in [-0.4, -0.2) is 16.4 Å². The van der Waals surface area contributed by atoms with E-state index in [9.17, 15) is 0 Å². The van der Waals surface area contributed by atoms with Crippen molar-refractivity contribution in [2.45, 2.75) is 33.2 Å². The van der Waals surface area contributed by atoms with Gasteiger partial charge in [0.1, 0.15) is 0 Å². The summed E-state index contributed by atoms with van der Waals surface area (Å²) in [7, 11) is 0. The van der Waals surface area contributed by atoms with Gasteiger partial charge in [-0.3, -0.25) is 0 Å². The maximum atomic E-state index is 3.53. The largest absolute Gasteiger partial charge is 0.367 e. The molecule has 0 aliphatic carbocycles. The molecular formula is C16H22N2. The third-order valence-corrected chi connectivity index (χ3v) is 3.58. The number of aromatic amines is 1. The third kappa shape index (κ3) is 2.15. The van der Waals surface area contributed by atoms with E-state index >= 15 is 0 Å². The van der Waals surface area contributed by atoms with Gasteiger partial charge >= 0.3 is 0 Å². The van der Waals surface area contributed by atoms with Crippen molar-refractivity contribution in [1.29, 1.82) is 0 Å². The highest BCUT2D eigenvalue weighted by Crippen LogP contribution is 2.29. The molecule has 1 aromatic heterocycles. The van der Waals surface area contributed by atoms with Crippen molar-refractivity contribution in [3.05, 3.63) is 48.3 Å². The fourth-order valence-corrected chi connectivity index (χ4v) is 2.42. The number of nitrogens with one attached hydrogen (secondary N) is 1.